The highest BCUT2D eigenvalue weighted by Crippen LogP contribution is 2.62. The fraction of sp³-hybridized carbons (Fsp3) is 0.650. The Morgan fingerprint density at radius 1 is 1.29 bits per heavy atom. The van der Waals surface area contributed by atoms with Crippen LogP contribution in [0, 0.1) is 23.7 Å². The average Bonchev–Trinajstić information content (AvgIpc) is 3.17. The van der Waals surface area contributed by atoms with Gasteiger partial charge in [-0.25, -0.2) is 0 Å². The molecular formula is C20H25ClNO2-. The Hall–Kier alpha value is -1.22. The quantitative estimate of drug-likeness (QED) is 0.894. The molecule has 1 heterocycles. The molecule has 3 aliphatic rings. The summed E-state index contributed by atoms with van der Waals surface area (Å²) in [6.07, 6.45) is 6.14. The summed E-state index contributed by atoms with van der Waals surface area (Å²) in [5.74, 6) is 1.99. The first-order valence-electron chi connectivity index (χ1n) is 9.36. The summed E-state index contributed by atoms with van der Waals surface area (Å²) in [5.41, 5.74) is 2.14. The second-order valence-electron chi connectivity index (χ2n) is 7.89. The van der Waals surface area contributed by atoms with Crippen molar-refractivity contribution in [3.05, 3.63) is 28.3 Å². The number of carboxylic acids is 1. The molecule has 1 aromatic rings. The van der Waals surface area contributed by atoms with E-state index >= 15 is 0 Å². The first-order valence-corrected chi connectivity index (χ1v) is 9.74. The predicted molar refractivity (Wildman–Crippen MR) is 94.3 cm³/mol. The molecule has 130 valence electrons. The zero-order chi connectivity index (χ0) is 17.0. The van der Waals surface area contributed by atoms with E-state index in [1.165, 1.54) is 19.3 Å². The fourth-order valence-electron chi connectivity index (χ4n) is 6.02. The van der Waals surface area contributed by atoms with E-state index in [2.05, 4.69) is 19.2 Å². The summed E-state index contributed by atoms with van der Waals surface area (Å²) in [6.45, 7) is 4.49. The van der Waals surface area contributed by atoms with Crippen LogP contribution in [0.4, 0.5) is 5.69 Å². The van der Waals surface area contributed by atoms with Crippen LogP contribution in [0.25, 0.3) is 0 Å². The monoisotopic (exact) mass is 346 g/mol. The third kappa shape index (κ3) is 2.28. The van der Waals surface area contributed by atoms with E-state index in [1.807, 2.05) is 6.07 Å². The van der Waals surface area contributed by atoms with Gasteiger partial charge in [-0.05, 0) is 66.5 Å². The van der Waals surface area contributed by atoms with Crippen molar-refractivity contribution in [3.63, 3.8) is 0 Å². The molecule has 1 N–H and O–H groups in total. The maximum absolute atomic E-state index is 11.7. The van der Waals surface area contributed by atoms with Crippen LogP contribution in [0.5, 0.6) is 0 Å². The summed E-state index contributed by atoms with van der Waals surface area (Å²) in [7, 11) is 0. The molecule has 3 nitrogen and oxygen atoms in total. The molecule has 24 heavy (non-hydrogen) atoms. The van der Waals surface area contributed by atoms with Gasteiger partial charge in [0.2, 0.25) is 0 Å². The lowest BCUT2D eigenvalue weighted by Crippen LogP contribution is -2.46. The molecule has 0 aromatic heterocycles. The first kappa shape index (κ1) is 16.3. The van der Waals surface area contributed by atoms with Gasteiger partial charge in [-0.3, -0.25) is 0 Å². The minimum Gasteiger partial charge on any atom is -0.545 e. The molecule has 4 rings (SSSR count). The van der Waals surface area contributed by atoms with Gasteiger partial charge in [-0.2, -0.15) is 0 Å². The number of hydrogen-bond acceptors (Lipinski definition) is 3. The van der Waals surface area contributed by atoms with Crippen LogP contribution in [-0.2, 0) is 0 Å². The topological polar surface area (TPSA) is 52.2 Å². The van der Waals surface area contributed by atoms with E-state index in [9.17, 15) is 9.90 Å². The van der Waals surface area contributed by atoms with Crippen LogP contribution in [0.2, 0.25) is 5.02 Å². The number of carbonyl (C=O) groups is 1. The summed E-state index contributed by atoms with van der Waals surface area (Å²) < 4.78 is 0. The van der Waals surface area contributed by atoms with E-state index in [0.29, 0.717) is 34.7 Å². The molecule has 4 heteroatoms. The van der Waals surface area contributed by atoms with Gasteiger partial charge < -0.3 is 15.2 Å². The zero-order valence-electron chi connectivity index (χ0n) is 14.3. The lowest BCUT2D eigenvalue weighted by molar-refractivity contribution is -0.254. The van der Waals surface area contributed by atoms with Crippen molar-refractivity contribution in [1.82, 2.24) is 0 Å². The van der Waals surface area contributed by atoms with Gasteiger partial charge >= 0.3 is 0 Å². The molecule has 2 aliphatic carbocycles. The lowest BCUT2D eigenvalue weighted by atomic mass is 9.65. The summed E-state index contributed by atoms with van der Waals surface area (Å²) in [5, 5.41) is 15.8. The Morgan fingerprint density at radius 3 is 2.67 bits per heavy atom. The number of fused-ring (bicyclic) bond motifs is 7. The molecule has 2 fully saturated rings. The standard InChI is InChI=1S/C20H26ClNO2/c1-3-10(4-2)18-17-12-6-5-11(7-12)16(17)14-8-13(21)9-15(20(23)24)19(14)22-18/h8-12,16-18,22H,3-7H2,1-2H3,(H,23,24)/p-1/t11-,12-,16+,17+,18+/m0/s1. The summed E-state index contributed by atoms with van der Waals surface area (Å²) in [4.78, 5) is 11.7. The SMILES string of the molecule is CCC(CC)[C@H]1Nc2c(C(=O)[O-])cc(Cl)cc2[C@H]2[C@H]3CC[C@@H](C3)[C@H]21. The molecule has 1 aliphatic heterocycles. The smallest absolute Gasteiger partial charge is 0.0736 e. The van der Waals surface area contributed by atoms with Gasteiger partial charge in [0.15, 0.2) is 0 Å². The Morgan fingerprint density at radius 2 is 2.00 bits per heavy atom. The number of carbonyl (C=O) groups excluding carboxylic acids is 1. The van der Waals surface area contributed by atoms with Crippen molar-refractivity contribution < 1.29 is 9.90 Å². The number of nitrogens with one attached hydrogen (secondary N) is 1. The molecule has 1 aromatic carbocycles. The molecule has 0 saturated heterocycles. The van der Waals surface area contributed by atoms with Gasteiger partial charge in [0, 0.05) is 22.3 Å². The van der Waals surface area contributed by atoms with E-state index < -0.39 is 5.97 Å². The minimum absolute atomic E-state index is 0.231. The highest BCUT2D eigenvalue weighted by Gasteiger charge is 2.54. The number of rotatable bonds is 4. The molecular weight excluding hydrogens is 322 g/mol. The van der Waals surface area contributed by atoms with Crippen molar-refractivity contribution >= 4 is 23.3 Å². The molecule has 0 unspecified atom stereocenters. The number of halogens is 1. The normalized spacial score (nSPS) is 33.2. The molecule has 0 amide bonds. The predicted octanol–water partition coefficient (Wildman–Crippen LogP) is 4.06. The molecule has 2 saturated carbocycles. The molecule has 0 radical (unpaired) electrons. The van der Waals surface area contributed by atoms with Crippen LogP contribution < -0.4 is 10.4 Å². The van der Waals surface area contributed by atoms with Gasteiger partial charge in [0.25, 0.3) is 0 Å². The van der Waals surface area contributed by atoms with E-state index in [0.717, 1.165) is 30.0 Å². The van der Waals surface area contributed by atoms with Crippen molar-refractivity contribution in [1.29, 1.82) is 0 Å². The minimum atomic E-state index is -1.13. The average molecular weight is 347 g/mol. The van der Waals surface area contributed by atoms with Crippen LogP contribution in [-0.4, -0.2) is 12.0 Å². The van der Waals surface area contributed by atoms with E-state index in [-0.39, 0.29) is 5.56 Å². The van der Waals surface area contributed by atoms with Crippen molar-refractivity contribution in [3.8, 4) is 0 Å². The molecule has 5 atom stereocenters. The summed E-state index contributed by atoms with van der Waals surface area (Å²) in [6, 6.07) is 3.91. The zero-order valence-corrected chi connectivity index (χ0v) is 15.1. The summed E-state index contributed by atoms with van der Waals surface area (Å²) >= 11 is 6.25. The van der Waals surface area contributed by atoms with Gasteiger partial charge in [-0.15, -0.1) is 0 Å². The maximum atomic E-state index is 11.7. The Labute approximate surface area is 148 Å². The van der Waals surface area contributed by atoms with E-state index in [1.54, 1.807) is 6.07 Å². The highest BCUT2D eigenvalue weighted by molar-refractivity contribution is 6.31. The van der Waals surface area contributed by atoms with Crippen LogP contribution in [0.3, 0.4) is 0 Å². The third-order valence-electron chi connectivity index (χ3n) is 6.98. The number of carboxylic acid groups (broad SMARTS) is 1. The van der Waals surface area contributed by atoms with Crippen LogP contribution in [0.1, 0.15) is 67.8 Å². The second kappa shape index (κ2) is 5.94. The van der Waals surface area contributed by atoms with Gasteiger partial charge in [-0.1, -0.05) is 38.3 Å². The van der Waals surface area contributed by atoms with Crippen molar-refractivity contribution in [2.45, 2.75) is 57.9 Å². The molecule has 2 bridgehead atoms. The Bertz CT molecular complexity index is 670. The van der Waals surface area contributed by atoms with Gasteiger partial charge in [0.05, 0.1) is 5.97 Å². The Kier molecular flexibility index (Phi) is 4.03. The van der Waals surface area contributed by atoms with Crippen LogP contribution >= 0.6 is 11.6 Å². The maximum Gasteiger partial charge on any atom is 0.0736 e. The highest BCUT2D eigenvalue weighted by atomic mass is 35.5. The number of benzene rings is 1. The largest absolute Gasteiger partial charge is 0.545 e. The van der Waals surface area contributed by atoms with Crippen molar-refractivity contribution in [2.24, 2.45) is 23.7 Å². The number of anilines is 1. The number of hydrogen-bond donors (Lipinski definition) is 1. The Balaban J connectivity index is 1.86. The molecule has 0 spiro atoms. The fourth-order valence-corrected chi connectivity index (χ4v) is 6.24. The van der Waals surface area contributed by atoms with Gasteiger partial charge in [0.1, 0.15) is 0 Å². The number of aromatic carboxylic acids is 1. The second-order valence-corrected chi connectivity index (χ2v) is 8.32. The lowest BCUT2D eigenvalue weighted by Gasteiger charge is -2.47. The van der Waals surface area contributed by atoms with Crippen molar-refractivity contribution in [2.75, 3.05) is 5.32 Å². The van der Waals surface area contributed by atoms with Crippen LogP contribution in [0.15, 0.2) is 12.1 Å². The first-order chi connectivity index (χ1) is 11.5. The third-order valence-corrected chi connectivity index (χ3v) is 7.19. The van der Waals surface area contributed by atoms with E-state index in [4.69, 9.17) is 11.6 Å².